The molecule has 1 aromatic rings. The molecule has 1 aliphatic carbocycles. The van der Waals surface area contributed by atoms with E-state index in [1.807, 2.05) is 0 Å². The molecule has 1 aliphatic heterocycles. The maximum Gasteiger partial charge on any atom is 0.266 e. The van der Waals surface area contributed by atoms with Gasteiger partial charge >= 0.3 is 0 Å². The number of nitrogens with one attached hydrogen (secondary N) is 1. The first-order chi connectivity index (χ1) is 6.83. The summed E-state index contributed by atoms with van der Waals surface area (Å²) in [5.41, 5.74) is 0.881. The second-order valence-electron chi connectivity index (χ2n) is 4.29. The van der Waals surface area contributed by atoms with Crippen molar-refractivity contribution in [2.45, 2.75) is 25.3 Å². The van der Waals surface area contributed by atoms with Gasteiger partial charge in [0.25, 0.3) is 5.56 Å². The van der Waals surface area contributed by atoms with Crippen LogP contribution in [-0.4, -0.2) is 22.8 Å². The molecular weight excluding hydrogens is 178 g/mol. The van der Waals surface area contributed by atoms with Crippen molar-refractivity contribution in [2.24, 2.45) is 5.92 Å². The third-order valence-corrected chi connectivity index (χ3v) is 3.39. The van der Waals surface area contributed by atoms with E-state index in [0.29, 0.717) is 6.04 Å². The summed E-state index contributed by atoms with van der Waals surface area (Å²) in [5, 5.41) is 6.24. The molecule has 2 bridgehead atoms. The van der Waals surface area contributed by atoms with Crippen LogP contribution >= 0.6 is 0 Å². The molecule has 3 rings (SSSR count). The highest BCUT2D eigenvalue weighted by Crippen LogP contribution is 2.39. The van der Waals surface area contributed by atoms with E-state index in [4.69, 9.17) is 0 Å². The highest BCUT2D eigenvalue weighted by atomic mass is 16.1. The van der Waals surface area contributed by atoms with Gasteiger partial charge in [-0.25, -0.2) is 5.10 Å². The van der Waals surface area contributed by atoms with E-state index in [2.05, 4.69) is 15.1 Å². The summed E-state index contributed by atoms with van der Waals surface area (Å²) in [6.45, 7) is 1.11. The highest BCUT2D eigenvalue weighted by molar-refractivity contribution is 5.46. The maximum absolute atomic E-state index is 11.1. The summed E-state index contributed by atoms with van der Waals surface area (Å²) in [4.78, 5) is 13.4. The zero-order chi connectivity index (χ0) is 9.54. The highest BCUT2D eigenvalue weighted by Gasteiger charge is 2.37. The molecule has 74 valence electrons. The second-order valence-corrected chi connectivity index (χ2v) is 4.29. The number of aromatic nitrogens is 2. The third-order valence-electron chi connectivity index (χ3n) is 3.39. The van der Waals surface area contributed by atoms with Crippen LogP contribution in [0.25, 0.3) is 0 Å². The number of anilines is 1. The van der Waals surface area contributed by atoms with Gasteiger partial charge in [0.15, 0.2) is 0 Å². The SMILES string of the molecule is O=c1cc(N2CC3CCC2C3)cn[nH]1. The van der Waals surface area contributed by atoms with Crippen LogP contribution < -0.4 is 10.5 Å². The molecule has 2 atom stereocenters. The lowest BCUT2D eigenvalue weighted by molar-refractivity contribution is 0.552. The van der Waals surface area contributed by atoms with Crippen LogP contribution in [0, 0.1) is 5.92 Å². The Morgan fingerprint density at radius 3 is 3.07 bits per heavy atom. The first kappa shape index (κ1) is 8.03. The largest absolute Gasteiger partial charge is 0.367 e. The molecule has 0 amide bonds. The summed E-state index contributed by atoms with van der Waals surface area (Å²) in [6.07, 6.45) is 5.68. The van der Waals surface area contributed by atoms with Crippen LogP contribution in [0.5, 0.6) is 0 Å². The molecule has 1 saturated heterocycles. The molecule has 0 spiro atoms. The van der Waals surface area contributed by atoms with Crippen molar-refractivity contribution >= 4 is 5.69 Å². The van der Waals surface area contributed by atoms with E-state index in [1.165, 1.54) is 19.3 Å². The standard InChI is InChI=1S/C10H13N3O/c14-10-4-9(5-11-12-10)13-6-7-1-2-8(13)3-7/h4-5,7-8H,1-3,6H2,(H,12,14). The Bertz CT molecular complexity index is 400. The summed E-state index contributed by atoms with van der Waals surface area (Å²) in [5.74, 6) is 0.847. The molecule has 2 fully saturated rings. The summed E-state index contributed by atoms with van der Waals surface area (Å²) >= 11 is 0. The smallest absolute Gasteiger partial charge is 0.266 e. The predicted molar refractivity (Wildman–Crippen MR) is 53.3 cm³/mol. The Morgan fingerprint density at radius 2 is 2.43 bits per heavy atom. The fourth-order valence-electron chi connectivity index (χ4n) is 2.76. The number of nitrogens with zero attached hydrogens (tertiary/aromatic N) is 2. The van der Waals surface area contributed by atoms with Crippen molar-refractivity contribution in [3.8, 4) is 0 Å². The Balaban J connectivity index is 1.93. The van der Waals surface area contributed by atoms with Crippen LogP contribution in [0.3, 0.4) is 0 Å². The normalized spacial score (nSPS) is 29.9. The Labute approximate surface area is 81.9 Å². The number of H-pyrrole nitrogens is 1. The Kier molecular flexibility index (Phi) is 1.63. The molecule has 0 aromatic carbocycles. The third kappa shape index (κ3) is 1.14. The van der Waals surface area contributed by atoms with Crippen molar-refractivity contribution in [1.82, 2.24) is 10.2 Å². The molecule has 14 heavy (non-hydrogen) atoms. The molecule has 0 radical (unpaired) electrons. The monoisotopic (exact) mass is 191 g/mol. The molecule has 2 heterocycles. The summed E-state index contributed by atoms with van der Waals surface area (Å²) in [7, 11) is 0. The second kappa shape index (κ2) is 2.83. The van der Waals surface area contributed by atoms with E-state index in [0.717, 1.165) is 18.2 Å². The molecular formula is C10H13N3O. The average molecular weight is 191 g/mol. The van der Waals surface area contributed by atoms with Gasteiger partial charge in [0.2, 0.25) is 0 Å². The zero-order valence-electron chi connectivity index (χ0n) is 7.94. The van der Waals surface area contributed by atoms with Crippen LogP contribution in [0.15, 0.2) is 17.1 Å². The van der Waals surface area contributed by atoms with Gasteiger partial charge in [-0.3, -0.25) is 4.79 Å². The average Bonchev–Trinajstić information content (AvgIpc) is 2.78. The van der Waals surface area contributed by atoms with E-state index < -0.39 is 0 Å². The van der Waals surface area contributed by atoms with Crippen molar-refractivity contribution in [3.05, 3.63) is 22.6 Å². The van der Waals surface area contributed by atoms with Crippen molar-refractivity contribution in [1.29, 1.82) is 0 Å². The first-order valence-electron chi connectivity index (χ1n) is 5.14. The summed E-state index contributed by atoms with van der Waals surface area (Å²) in [6, 6.07) is 2.30. The van der Waals surface area contributed by atoms with E-state index in [9.17, 15) is 4.79 Å². The lowest BCUT2D eigenvalue weighted by Crippen LogP contribution is -2.32. The van der Waals surface area contributed by atoms with Gasteiger partial charge in [-0.05, 0) is 25.2 Å². The van der Waals surface area contributed by atoms with Gasteiger partial charge in [0, 0.05) is 18.7 Å². The van der Waals surface area contributed by atoms with Gasteiger partial charge in [-0.15, -0.1) is 0 Å². The van der Waals surface area contributed by atoms with Crippen molar-refractivity contribution in [2.75, 3.05) is 11.4 Å². The van der Waals surface area contributed by atoms with E-state index >= 15 is 0 Å². The fraction of sp³-hybridized carbons (Fsp3) is 0.600. The fourth-order valence-corrected chi connectivity index (χ4v) is 2.76. The van der Waals surface area contributed by atoms with Crippen LogP contribution in [0.4, 0.5) is 5.69 Å². The molecule has 1 saturated carbocycles. The van der Waals surface area contributed by atoms with Crippen LogP contribution in [0.2, 0.25) is 0 Å². The Morgan fingerprint density at radius 1 is 1.50 bits per heavy atom. The van der Waals surface area contributed by atoms with Gasteiger partial charge in [-0.2, -0.15) is 5.10 Å². The number of fused-ring (bicyclic) bond motifs is 2. The van der Waals surface area contributed by atoms with Gasteiger partial charge in [0.05, 0.1) is 11.9 Å². The number of piperidine rings is 1. The van der Waals surface area contributed by atoms with Gasteiger partial charge < -0.3 is 4.90 Å². The number of aromatic amines is 1. The molecule has 1 aromatic heterocycles. The molecule has 4 nitrogen and oxygen atoms in total. The van der Waals surface area contributed by atoms with Crippen molar-refractivity contribution < 1.29 is 0 Å². The van der Waals surface area contributed by atoms with Crippen molar-refractivity contribution in [3.63, 3.8) is 0 Å². The van der Waals surface area contributed by atoms with Crippen LogP contribution in [0.1, 0.15) is 19.3 Å². The lowest BCUT2D eigenvalue weighted by atomic mass is 10.1. The maximum atomic E-state index is 11.1. The summed E-state index contributed by atoms with van der Waals surface area (Å²) < 4.78 is 0. The molecule has 1 N–H and O–H groups in total. The topological polar surface area (TPSA) is 49.0 Å². The van der Waals surface area contributed by atoms with Gasteiger partial charge in [-0.1, -0.05) is 0 Å². The molecule has 4 heteroatoms. The Hall–Kier alpha value is -1.32. The predicted octanol–water partition coefficient (Wildman–Crippen LogP) is 0.759. The number of hydrogen-bond acceptors (Lipinski definition) is 3. The minimum atomic E-state index is -0.106. The minimum absolute atomic E-state index is 0.106. The van der Waals surface area contributed by atoms with E-state index in [1.54, 1.807) is 12.3 Å². The van der Waals surface area contributed by atoms with E-state index in [-0.39, 0.29) is 5.56 Å². The van der Waals surface area contributed by atoms with Crippen LogP contribution in [-0.2, 0) is 0 Å². The first-order valence-corrected chi connectivity index (χ1v) is 5.14. The molecule has 2 unspecified atom stereocenters. The number of rotatable bonds is 1. The van der Waals surface area contributed by atoms with Gasteiger partial charge in [0.1, 0.15) is 0 Å². The zero-order valence-corrected chi connectivity index (χ0v) is 7.94. The quantitative estimate of drug-likeness (QED) is 0.713. The lowest BCUT2D eigenvalue weighted by Gasteiger charge is -2.28. The number of hydrogen-bond donors (Lipinski definition) is 1. The molecule has 2 aliphatic rings. The minimum Gasteiger partial charge on any atom is -0.367 e.